The minimum absolute atomic E-state index is 0.0702. The number of aliphatic hydroxyl groups is 12. The van der Waals surface area contributed by atoms with Crippen molar-refractivity contribution in [2.45, 2.75) is 168 Å². The molecule has 12 N–H and O–H groups in total. The minimum atomic E-state index is -1.75. The van der Waals surface area contributed by atoms with E-state index >= 15 is 0 Å². The molecule has 6 fully saturated rings. The van der Waals surface area contributed by atoms with Crippen LogP contribution in [0.4, 0.5) is 0 Å². The van der Waals surface area contributed by atoms with Gasteiger partial charge in [-0.1, -0.05) is 0 Å². The molecule has 4 heterocycles. The number of aliphatic hydroxyl groups excluding tert-OH is 12. The molecule has 2 saturated carbocycles. The van der Waals surface area contributed by atoms with Crippen molar-refractivity contribution in [1.82, 2.24) is 0 Å². The van der Waals surface area contributed by atoms with Crippen LogP contribution in [0, 0.1) is 11.8 Å². The van der Waals surface area contributed by atoms with E-state index in [2.05, 4.69) is 0 Å². The highest BCUT2D eigenvalue weighted by atomic mass is 16.8. The summed E-state index contributed by atoms with van der Waals surface area (Å²) in [6.07, 6.45) is -23.5. The van der Waals surface area contributed by atoms with Crippen LogP contribution in [0.5, 0.6) is 0 Å². The van der Waals surface area contributed by atoms with E-state index in [1.165, 1.54) is 0 Å². The monoisotopic (exact) mass is 742 g/mol. The van der Waals surface area contributed by atoms with Gasteiger partial charge in [-0.3, -0.25) is 0 Å². The van der Waals surface area contributed by atoms with E-state index in [9.17, 15) is 61.3 Å². The number of hydrogen-bond acceptors (Lipinski definition) is 19. The molecule has 6 unspecified atom stereocenters. The Labute approximate surface area is 293 Å². The lowest BCUT2D eigenvalue weighted by molar-refractivity contribution is -0.373. The number of ether oxygens (including phenoxy) is 7. The molecule has 0 radical (unpaired) electrons. The maximum Gasteiger partial charge on any atom is 0.187 e. The number of fused-ring (bicyclic) bond motifs is 1. The highest BCUT2D eigenvalue weighted by molar-refractivity contribution is 5.00. The second-order valence-electron chi connectivity index (χ2n) is 14.8. The van der Waals surface area contributed by atoms with Crippen LogP contribution < -0.4 is 0 Å². The van der Waals surface area contributed by atoms with Crippen LogP contribution in [0.25, 0.3) is 0 Å². The lowest BCUT2D eigenvalue weighted by atomic mass is 9.73. The van der Waals surface area contributed by atoms with Crippen molar-refractivity contribution in [3.05, 3.63) is 0 Å². The van der Waals surface area contributed by atoms with Gasteiger partial charge in [0.05, 0.1) is 56.4 Å². The van der Waals surface area contributed by atoms with E-state index in [0.717, 1.165) is 0 Å². The first-order chi connectivity index (χ1) is 24.3. The topological polar surface area (TPSA) is 307 Å². The van der Waals surface area contributed by atoms with Crippen LogP contribution in [0.2, 0.25) is 0 Å². The smallest absolute Gasteiger partial charge is 0.187 e. The zero-order chi connectivity index (χ0) is 36.7. The first-order valence-corrected chi connectivity index (χ1v) is 17.9. The summed E-state index contributed by atoms with van der Waals surface area (Å²) in [5, 5.41) is 125. The third kappa shape index (κ3) is 8.42. The van der Waals surface area contributed by atoms with Gasteiger partial charge in [-0.05, 0) is 44.4 Å². The number of rotatable bonds is 9. The van der Waals surface area contributed by atoms with E-state index in [0.29, 0.717) is 25.7 Å². The predicted octanol–water partition coefficient (Wildman–Crippen LogP) is -5.70. The van der Waals surface area contributed by atoms with Gasteiger partial charge in [-0.15, -0.1) is 0 Å². The first-order valence-electron chi connectivity index (χ1n) is 17.9. The van der Waals surface area contributed by atoms with Gasteiger partial charge < -0.3 is 94.4 Å². The Morgan fingerprint density at radius 1 is 0.510 bits per heavy atom. The molecule has 51 heavy (non-hydrogen) atoms. The third-order valence-corrected chi connectivity index (χ3v) is 11.4. The van der Waals surface area contributed by atoms with Crippen molar-refractivity contribution in [3.8, 4) is 0 Å². The second-order valence-corrected chi connectivity index (χ2v) is 14.8. The molecule has 0 aromatic rings. The molecule has 6 aliphatic rings. The van der Waals surface area contributed by atoms with Crippen molar-refractivity contribution < 1.29 is 94.4 Å². The standard InChI is InChI=1S/C32H54O19/c33-8-19-22(39)24(41)27(44)31(49-19)47-17-6-13(36)5-16-14(17)7-18(28(46-16)11-1-3-12(35)4-2-11)48-32-29(25(42)23(40)20(9-34)50-32)51-30-26(43)21(38)15(37)10-45-30/h11-44H,1-10H2/t11?,12?,13?,14?,15-,16?,17?,18?,19-,20-,21+,22-,23-,24+,25+,26-,27-,28?,29-,30+,31-,32-/m1/s1. The van der Waals surface area contributed by atoms with E-state index in [-0.39, 0.29) is 25.2 Å². The molecule has 0 spiro atoms. The van der Waals surface area contributed by atoms with E-state index in [1.54, 1.807) is 0 Å². The highest BCUT2D eigenvalue weighted by Gasteiger charge is 2.55. The molecule has 4 aliphatic heterocycles. The summed E-state index contributed by atoms with van der Waals surface area (Å²) in [5.74, 6) is -0.654. The zero-order valence-electron chi connectivity index (χ0n) is 28.0. The van der Waals surface area contributed by atoms with Crippen LogP contribution >= 0.6 is 0 Å². The summed E-state index contributed by atoms with van der Waals surface area (Å²) in [7, 11) is 0. The Hall–Kier alpha value is -0.760. The second kappa shape index (κ2) is 16.9. The van der Waals surface area contributed by atoms with Crippen LogP contribution in [0.1, 0.15) is 44.9 Å². The Balaban J connectivity index is 1.26. The van der Waals surface area contributed by atoms with Crippen molar-refractivity contribution in [3.63, 3.8) is 0 Å². The van der Waals surface area contributed by atoms with E-state index < -0.39 is 148 Å². The summed E-state index contributed by atoms with van der Waals surface area (Å²) in [6.45, 7) is -1.78. The lowest BCUT2D eigenvalue weighted by Gasteiger charge is -2.52. The molecule has 296 valence electrons. The van der Waals surface area contributed by atoms with Gasteiger partial charge in [-0.25, -0.2) is 0 Å². The fraction of sp³-hybridized carbons (Fsp3) is 1.00. The third-order valence-electron chi connectivity index (χ3n) is 11.4. The SMILES string of the molecule is OC[C@H]1O[C@@H](OC2CC(O)CC3OC(C4CCC(O)CC4)C(O[C@@H]4O[C@H](CO)[C@@H](O)[C@H](O)[C@H]4O[C@@H]4OC[C@@H](O)[C@H](O)[C@H]4O)CC32)[C@H](O)[C@@H](O)[C@@H]1O. The zero-order valence-corrected chi connectivity index (χ0v) is 28.0. The fourth-order valence-electron chi connectivity index (χ4n) is 8.40. The van der Waals surface area contributed by atoms with Gasteiger partial charge in [-0.2, -0.15) is 0 Å². The van der Waals surface area contributed by atoms with Crippen molar-refractivity contribution in [2.24, 2.45) is 11.8 Å². The van der Waals surface area contributed by atoms with Crippen molar-refractivity contribution in [2.75, 3.05) is 19.8 Å². The van der Waals surface area contributed by atoms with Gasteiger partial charge >= 0.3 is 0 Å². The van der Waals surface area contributed by atoms with Crippen LogP contribution in [-0.2, 0) is 33.2 Å². The summed E-state index contributed by atoms with van der Waals surface area (Å²) < 4.78 is 42.1. The molecule has 19 nitrogen and oxygen atoms in total. The van der Waals surface area contributed by atoms with Crippen LogP contribution in [-0.4, -0.2) is 204 Å². The summed E-state index contributed by atoms with van der Waals surface area (Å²) in [6, 6.07) is 0. The van der Waals surface area contributed by atoms with Crippen molar-refractivity contribution in [1.29, 1.82) is 0 Å². The molecule has 0 aromatic heterocycles. The Morgan fingerprint density at radius 3 is 1.78 bits per heavy atom. The maximum atomic E-state index is 11.2. The van der Waals surface area contributed by atoms with Gasteiger partial charge in [0.1, 0.15) is 67.1 Å². The van der Waals surface area contributed by atoms with Gasteiger partial charge in [0.15, 0.2) is 18.9 Å². The average molecular weight is 743 g/mol. The molecule has 6 rings (SSSR count). The van der Waals surface area contributed by atoms with Crippen molar-refractivity contribution >= 4 is 0 Å². The largest absolute Gasteiger partial charge is 0.394 e. The predicted molar refractivity (Wildman–Crippen MR) is 164 cm³/mol. The molecule has 19 heteroatoms. The van der Waals surface area contributed by atoms with Crippen LogP contribution in [0.3, 0.4) is 0 Å². The summed E-state index contributed by atoms with van der Waals surface area (Å²) >= 11 is 0. The lowest BCUT2D eigenvalue weighted by Crippen LogP contribution is -2.65. The molecule has 0 aromatic carbocycles. The maximum absolute atomic E-state index is 11.2. The van der Waals surface area contributed by atoms with E-state index in [4.69, 9.17) is 33.2 Å². The Bertz CT molecular complexity index is 1100. The molecule has 0 amide bonds. The summed E-state index contributed by atoms with van der Waals surface area (Å²) in [5.41, 5.74) is 0. The quantitative estimate of drug-likeness (QED) is 0.105. The van der Waals surface area contributed by atoms with Crippen LogP contribution in [0.15, 0.2) is 0 Å². The van der Waals surface area contributed by atoms with E-state index in [1.807, 2.05) is 0 Å². The summed E-state index contributed by atoms with van der Waals surface area (Å²) in [4.78, 5) is 0. The molecule has 2 aliphatic carbocycles. The Kier molecular flexibility index (Phi) is 13.3. The van der Waals surface area contributed by atoms with Gasteiger partial charge in [0.2, 0.25) is 0 Å². The molecule has 0 bridgehead atoms. The highest BCUT2D eigenvalue weighted by Crippen LogP contribution is 2.45. The molecular formula is C32H54O19. The molecule has 4 saturated heterocycles. The van der Waals surface area contributed by atoms with Gasteiger partial charge in [0.25, 0.3) is 0 Å². The number of hydrogen-bond donors (Lipinski definition) is 12. The minimum Gasteiger partial charge on any atom is -0.394 e. The first kappa shape index (κ1) is 39.9. The normalized spacial score (nSPS) is 54.1. The fourth-order valence-corrected chi connectivity index (χ4v) is 8.40. The Morgan fingerprint density at radius 2 is 1.12 bits per heavy atom. The molecular weight excluding hydrogens is 688 g/mol. The van der Waals surface area contributed by atoms with Gasteiger partial charge in [0, 0.05) is 12.3 Å². The average Bonchev–Trinajstić information content (AvgIpc) is 3.11. The molecule has 20 atom stereocenters.